The fourth-order valence-electron chi connectivity index (χ4n) is 2.36. The number of carbonyl (C=O) groups is 3. The van der Waals surface area contributed by atoms with Crippen LogP contribution in [0.1, 0.15) is 62.5 Å². The van der Waals surface area contributed by atoms with Crippen LogP contribution in [0.4, 0.5) is 0 Å². The van der Waals surface area contributed by atoms with Crippen LogP contribution in [0, 0.1) is 0 Å². The molecule has 1 atom stereocenters. The molecule has 6 N–H and O–H groups in total. The van der Waals surface area contributed by atoms with Gasteiger partial charge in [-0.15, -0.1) is 0 Å². The van der Waals surface area contributed by atoms with Crippen molar-refractivity contribution in [1.82, 2.24) is 0 Å². The maximum atomic E-state index is 11.6. The fraction of sp³-hybridized carbons (Fsp3) is 0.444. The van der Waals surface area contributed by atoms with E-state index in [9.17, 15) is 14.4 Å². The summed E-state index contributed by atoms with van der Waals surface area (Å²) in [6.45, 7) is 2.04. The third kappa shape index (κ3) is 7.33. The molecule has 0 aliphatic carbocycles. The first kappa shape index (κ1) is 21.1. The number of oxime groups is 1. The van der Waals surface area contributed by atoms with Gasteiger partial charge in [-0.25, -0.2) is 4.79 Å². The van der Waals surface area contributed by atoms with Crippen molar-refractivity contribution in [3.05, 3.63) is 35.4 Å². The number of hydrogen-bond acceptors (Lipinski definition) is 5. The Hall–Kier alpha value is -2.90. The number of nitrogens with zero attached hydrogens (tertiary/aromatic N) is 1. The van der Waals surface area contributed by atoms with Gasteiger partial charge >= 0.3 is 5.97 Å². The topological polar surface area (TPSA) is 151 Å². The van der Waals surface area contributed by atoms with Crippen LogP contribution in [0.15, 0.2) is 29.4 Å². The standard InChI is InChI=1S/C18H26N4O4/c1-2-3-4-5-16(24)26-22-17(20)13-8-6-12(7-9-13)14(18(21)25)10-11-15(19)23/h6-9,14H,2-5,10-11H2,1H3,(H2,19,23)(H2,20,22)(H2,21,25). The van der Waals surface area contributed by atoms with Crippen molar-refractivity contribution >= 4 is 23.6 Å². The van der Waals surface area contributed by atoms with E-state index in [1.165, 1.54) is 0 Å². The average molecular weight is 362 g/mol. The molecule has 0 saturated carbocycles. The van der Waals surface area contributed by atoms with Crippen molar-refractivity contribution < 1.29 is 19.2 Å². The maximum absolute atomic E-state index is 11.6. The minimum Gasteiger partial charge on any atom is -0.380 e. The van der Waals surface area contributed by atoms with E-state index >= 15 is 0 Å². The quantitative estimate of drug-likeness (QED) is 0.178. The van der Waals surface area contributed by atoms with Gasteiger partial charge in [0.2, 0.25) is 11.8 Å². The maximum Gasteiger partial charge on any atom is 0.335 e. The molecule has 1 aromatic carbocycles. The van der Waals surface area contributed by atoms with Crippen LogP contribution in [-0.2, 0) is 19.2 Å². The summed E-state index contributed by atoms with van der Waals surface area (Å²) in [5.74, 6) is -2.04. The molecule has 1 aromatic rings. The molecule has 1 unspecified atom stereocenters. The fourth-order valence-corrected chi connectivity index (χ4v) is 2.36. The van der Waals surface area contributed by atoms with Gasteiger partial charge in [-0.1, -0.05) is 49.2 Å². The highest BCUT2D eigenvalue weighted by Crippen LogP contribution is 2.21. The normalized spacial score (nSPS) is 12.4. The second kappa shape index (κ2) is 10.9. The molecule has 26 heavy (non-hydrogen) atoms. The van der Waals surface area contributed by atoms with E-state index in [-0.39, 0.29) is 18.7 Å². The number of rotatable bonds is 11. The van der Waals surface area contributed by atoms with Gasteiger partial charge in [0, 0.05) is 18.4 Å². The first-order chi connectivity index (χ1) is 12.3. The first-order valence-corrected chi connectivity index (χ1v) is 8.56. The minimum absolute atomic E-state index is 0.0492. The first-order valence-electron chi connectivity index (χ1n) is 8.56. The molecule has 8 heteroatoms. The highest BCUT2D eigenvalue weighted by Gasteiger charge is 2.18. The van der Waals surface area contributed by atoms with Gasteiger partial charge in [-0.05, 0) is 18.4 Å². The van der Waals surface area contributed by atoms with E-state index in [0.29, 0.717) is 17.5 Å². The Morgan fingerprint density at radius 3 is 2.23 bits per heavy atom. The van der Waals surface area contributed by atoms with E-state index in [0.717, 1.165) is 19.3 Å². The Labute approximate surface area is 152 Å². The molecular formula is C18H26N4O4. The third-order valence-electron chi connectivity index (χ3n) is 3.86. The summed E-state index contributed by atoms with van der Waals surface area (Å²) >= 11 is 0. The summed E-state index contributed by atoms with van der Waals surface area (Å²) in [5, 5.41) is 3.63. The van der Waals surface area contributed by atoms with Gasteiger partial charge in [-0.2, -0.15) is 0 Å². The lowest BCUT2D eigenvalue weighted by atomic mass is 9.92. The van der Waals surface area contributed by atoms with E-state index in [1.807, 2.05) is 6.92 Å². The van der Waals surface area contributed by atoms with Crippen molar-refractivity contribution in [2.75, 3.05) is 0 Å². The van der Waals surface area contributed by atoms with E-state index in [2.05, 4.69) is 5.16 Å². The molecule has 0 radical (unpaired) electrons. The SMILES string of the molecule is CCCCCC(=O)ON=C(N)c1ccc(C(CCC(N)=O)C(N)=O)cc1. The van der Waals surface area contributed by atoms with Crippen molar-refractivity contribution in [2.45, 2.75) is 51.4 Å². The number of nitrogens with two attached hydrogens (primary N) is 3. The molecule has 0 saturated heterocycles. The number of amides is 2. The summed E-state index contributed by atoms with van der Waals surface area (Å²) in [7, 11) is 0. The predicted octanol–water partition coefficient (Wildman–Crippen LogP) is 1.26. The summed E-state index contributed by atoms with van der Waals surface area (Å²) in [6, 6.07) is 6.60. The van der Waals surface area contributed by atoms with Gasteiger partial charge < -0.3 is 22.0 Å². The largest absolute Gasteiger partial charge is 0.380 e. The molecule has 142 valence electrons. The Kier molecular flexibility index (Phi) is 8.83. The van der Waals surface area contributed by atoms with Crippen LogP contribution in [0.5, 0.6) is 0 Å². The molecule has 0 spiro atoms. The molecule has 1 rings (SSSR count). The van der Waals surface area contributed by atoms with Crippen molar-refractivity contribution in [3.63, 3.8) is 0 Å². The van der Waals surface area contributed by atoms with Crippen LogP contribution in [0.3, 0.4) is 0 Å². The van der Waals surface area contributed by atoms with Gasteiger partial charge in [-0.3, -0.25) is 9.59 Å². The van der Waals surface area contributed by atoms with Crippen LogP contribution < -0.4 is 17.2 Å². The number of carbonyl (C=O) groups excluding carboxylic acids is 3. The third-order valence-corrected chi connectivity index (χ3v) is 3.86. The van der Waals surface area contributed by atoms with Crippen molar-refractivity contribution in [1.29, 1.82) is 0 Å². The lowest BCUT2D eigenvalue weighted by molar-refractivity contribution is -0.143. The van der Waals surface area contributed by atoms with Gasteiger partial charge in [0.05, 0.1) is 5.92 Å². The smallest absolute Gasteiger partial charge is 0.335 e. The lowest BCUT2D eigenvalue weighted by Gasteiger charge is -2.13. The number of primary amides is 2. The van der Waals surface area contributed by atoms with Gasteiger partial charge in [0.25, 0.3) is 0 Å². The Morgan fingerprint density at radius 1 is 1.04 bits per heavy atom. The molecule has 2 amide bonds. The monoisotopic (exact) mass is 362 g/mol. The zero-order valence-electron chi connectivity index (χ0n) is 14.9. The van der Waals surface area contributed by atoms with E-state index < -0.39 is 23.7 Å². The predicted molar refractivity (Wildman–Crippen MR) is 97.8 cm³/mol. The van der Waals surface area contributed by atoms with Crippen molar-refractivity contribution in [2.24, 2.45) is 22.4 Å². The number of amidine groups is 1. The van der Waals surface area contributed by atoms with E-state index in [4.69, 9.17) is 22.0 Å². The number of hydrogen-bond donors (Lipinski definition) is 3. The Balaban J connectivity index is 2.72. The molecule has 0 heterocycles. The zero-order chi connectivity index (χ0) is 19.5. The Morgan fingerprint density at radius 2 is 1.69 bits per heavy atom. The summed E-state index contributed by atoms with van der Waals surface area (Å²) in [4.78, 5) is 38.8. The van der Waals surface area contributed by atoms with Crippen LogP contribution in [0.2, 0.25) is 0 Å². The molecule has 8 nitrogen and oxygen atoms in total. The number of benzene rings is 1. The second-order valence-corrected chi connectivity index (χ2v) is 5.98. The molecule has 0 aliphatic rings. The summed E-state index contributed by atoms with van der Waals surface area (Å²) < 4.78 is 0. The van der Waals surface area contributed by atoms with Gasteiger partial charge in [0.1, 0.15) is 0 Å². The Bertz CT molecular complexity index is 656. The van der Waals surface area contributed by atoms with Gasteiger partial charge in [0.15, 0.2) is 5.84 Å². The lowest BCUT2D eigenvalue weighted by Crippen LogP contribution is -2.23. The highest BCUT2D eigenvalue weighted by molar-refractivity contribution is 5.97. The molecule has 0 bridgehead atoms. The second-order valence-electron chi connectivity index (χ2n) is 5.98. The average Bonchev–Trinajstić information content (AvgIpc) is 2.60. The van der Waals surface area contributed by atoms with Crippen LogP contribution in [-0.4, -0.2) is 23.6 Å². The molecule has 0 aliphatic heterocycles. The van der Waals surface area contributed by atoms with Crippen LogP contribution in [0.25, 0.3) is 0 Å². The van der Waals surface area contributed by atoms with Crippen LogP contribution >= 0.6 is 0 Å². The summed E-state index contributed by atoms with van der Waals surface area (Å²) in [5.41, 5.74) is 17.5. The number of unbranched alkanes of at least 4 members (excludes halogenated alkanes) is 2. The molecular weight excluding hydrogens is 336 g/mol. The molecule has 0 aromatic heterocycles. The molecule has 0 fully saturated rings. The minimum atomic E-state index is -0.619. The zero-order valence-corrected chi connectivity index (χ0v) is 14.9. The summed E-state index contributed by atoms with van der Waals surface area (Å²) in [6.07, 6.45) is 3.31. The van der Waals surface area contributed by atoms with Crippen molar-refractivity contribution in [3.8, 4) is 0 Å². The highest BCUT2D eigenvalue weighted by atomic mass is 16.7. The van der Waals surface area contributed by atoms with E-state index in [1.54, 1.807) is 24.3 Å².